The van der Waals surface area contributed by atoms with Crippen LogP contribution in [0.1, 0.15) is 396 Å². The number of phosphoric ester groups is 2. The highest BCUT2D eigenvalue weighted by atomic mass is 31.2. The first-order valence-electron chi connectivity index (χ1n) is 40.2. The predicted molar refractivity (Wildman–Crippen MR) is 395 cm³/mol. The third-order valence-corrected chi connectivity index (χ3v) is 20.0. The van der Waals surface area contributed by atoms with Gasteiger partial charge in [0.25, 0.3) is 0 Å². The smallest absolute Gasteiger partial charge is 0.462 e. The summed E-state index contributed by atoms with van der Waals surface area (Å²) in [6.07, 6.45) is 53.0. The van der Waals surface area contributed by atoms with Gasteiger partial charge in [-0.3, -0.25) is 37.3 Å². The number of esters is 4. The maximum atomic E-state index is 13.1. The Morgan fingerprint density at radius 1 is 0.258 bits per heavy atom. The Morgan fingerprint density at radius 3 is 0.639 bits per heavy atom. The van der Waals surface area contributed by atoms with Crippen LogP contribution in [-0.2, 0) is 65.4 Å². The van der Waals surface area contributed by atoms with Gasteiger partial charge in [0.15, 0.2) is 12.2 Å². The number of aliphatic hydroxyl groups excluding tert-OH is 1. The number of phosphoric acid groups is 2. The summed E-state index contributed by atoms with van der Waals surface area (Å²) in [5.41, 5.74) is 0. The Balaban J connectivity index is 5.22. The van der Waals surface area contributed by atoms with E-state index in [4.69, 9.17) is 37.0 Å². The van der Waals surface area contributed by atoms with Gasteiger partial charge in [-0.15, -0.1) is 0 Å². The summed E-state index contributed by atoms with van der Waals surface area (Å²) < 4.78 is 68.5. The molecule has 5 atom stereocenters. The molecule has 576 valence electrons. The highest BCUT2D eigenvalue weighted by Gasteiger charge is 2.30. The van der Waals surface area contributed by atoms with Gasteiger partial charge in [0.2, 0.25) is 0 Å². The van der Waals surface area contributed by atoms with E-state index in [1.807, 2.05) is 0 Å². The highest BCUT2D eigenvalue weighted by Crippen LogP contribution is 2.45. The topological polar surface area (TPSA) is 237 Å². The lowest BCUT2D eigenvalue weighted by atomic mass is 10.0. The molecule has 0 aliphatic carbocycles. The summed E-state index contributed by atoms with van der Waals surface area (Å²) in [4.78, 5) is 72.8. The van der Waals surface area contributed by atoms with Crippen LogP contribution in [0.15, 0.2) is 0 Å². The normalized spacial score (nSPS) is 14.1. The van der Waals surface area contributed by atoms with Gasteiger partial charge >= 0.3 is 39.5 Å². The molecule has 0 amide bonds. The Kier molecular flexibility index (Phi) is 65.9. The van der Waals surface area contributed by atoms with Crippen molar-refractivity contribution in [1.82, 2.24) is 0 Å². The van der Waals surface area contributed by atoms with E-state index in [2.05, 4.69) is 55.4 Å². The molecule has 0 saturated carbocycles. The number of hydrogen-bond donors (Lipinski definition) is 3. The fraction of sp³-hybridized carbons (Fsp3) is 0.949. The van der Waals surface area contributed by atoms with E-state index in [9.17, 15) is 43.2 Å². The number of carbonyl (C=O) groups excluding carboxylic acids is 4. The summed E-state index contributed by atoms with van der Waals surface area (Å²) in [5, 5.41) is 10.6. The number of hydrogen-bond acceptors (Lipinski definition) is 15. The van der Waals surface area contributed by atoms with Crippen LogP contribution in [0, 0.1) is 23.7 Å². The van der Waals surface area contributed by atoms with Crippen LogP contribution < -0.4 is 0 Å². The van der Waals surface area contributed by atoms with E-state index >= 15 is 0 Å². The van der Waals surface area contributed by atoms with Crippen molar-refractivity contribution in [3.63, 3.8) is 0 Å². The van der Waals surface area contributed by atoms with E-state index in [0.29, 0.717) is 31.6 Å². The van der Waals surface area contributed by atoms with Crippen molar-refractivity contribution in [2.24, 2.45) is 23.7 Å². The lowest BCUT2D eigenvalue weighted by molar-refractivity contribution is -0.161. The first-order valence-corrected chi connectivity index (χ1v) is 43.2. The number of rotatable bonds is 75. The molecular weight excluding hydrogens is 1270 g/mol. The number of carbonyl (C=O) groups is 4. The molecule has 17 nitrogen and oxygen atoms in total. The fourth-order valence-electron chi connectivity index (χ4n) is 11.9. The van der Waals surface area contributed by atoms with E-state index in [1.165, 1.54) is 193 Å². The summed E-state index contributed by atoms with van der Waals surface area (Å²) in [7, 11) is -9.91. The molecule has 0 aromatic rings. The van der Waals surface area contributed by atoms with Crippen molar-refractivity contribution in [3.8, 4) is 0 Å². The van der Waals surface area contributed by atoms with Crippen LogP contribution in [0.4, 0.5) is 0 Å². The minimum atomic E-state index is -4.96. The van der Waals surface area contributed by atoms with E-state index in [1.54, 1.807) is 0 Å². The highest BCUT2D eigenvalue weighted by molar-refractivity contribution is 7.47. The minimum absolute atomic E-state index is 0.104. The first kappa shape index (κ1) is 95.1. The third-order valence-electron chi connectivity index (χ3n) is 18.1. The van der Waals surface area contributed by atoms with Gasteiger partial charge in [0, 0.05) is 25.7 Å². The molecule has 19 heteroatoms. The Morgan fingerprint density at radius 2 is 0.433 bits per heavy atom. The van der Waals surface area contributed by atoms with Gasteiger partial charge in [0.05, 0.1) is 26.4 Å². The average Bonchev–Trinajstić information content (AvgIpc) is 2.00. The average molecular weight is 1420 g/mol. The molecule has 2 unspecified atom stereocenters. The van der Waals surface area contributed by atoms with Crippen molar-refractivity contribution in [2.45, 2.75) is 414 Å². The van der Waals surface area contributed by atoms with E-state index in [0.717, 1.165) is 114 Å². The van der Waals surface area contributed by atoms with Crippen LogP contribution in [0.25, 0.3) is 0 Å². The van der Waals surface area contributed by atoms with Crippen LogP contribution in [0.5, 0.6) is 0 Å². The molecule has 0 fully saturated rings. The number of ether oxygens (including phenoxy) is 4. The predicted octanol–water partition coefficient (Wildman–Crippen LogP) is 22.8. The minimum Gasteiger partial charge on any atom is -0.462 e. The van der Waals surface area contributed by atoms with Crippen LogP contribution >= 0.6 is 15.6 Å². The van der Waals surface area contributed by atoms with Crippen molar-refractivity contribution < 1.29 is 80.2 Å². The molecule has 0 aliphatic rings. The zero-order valence-electron chi connectivity index (χ0n) is 63.7. The number of aliphatic hydroxyl groups is 1. The molecule has 0 spiro atoms. The fourth-order valence-corrected chi connectivity index (χ4v) is 13.5. The molecule has 0 bridgehead atoms. The molecule has 0 rings (SSSR count). The van der Waals surface area contributed by atoms with Crippen molar-refractivity contribution in [2.75, 3.05) is 39.6 Å². The van der Waals surface area contributed by atoms with E-state index in [-0.39, 0.29) is 25.7 Å². The second-order valence-corrected chi connectivity index (χ2v) is 32.9. The van der Waals surface area contributed by atoms with Gasteiger partial charge in [0.1, 0.15) is 19.3 Å². The third kappa shape index (κ3) is 72.2. The van der Waals surface area contributed by atoms with Crippen LogP contribution in [0.3, 0.4) is 0 Å². The largest absolute Gasteiger partial charge is 0.472 e. The molecule has 0 heterocycles. The Hall–Kier alpha value is -1.94. The van der Waals surface area contributed by atoms with Gasteiger partial charge in [-0.25, -0.2) is 9.13 Å². The Bertz CT molecular complexity index is 1900. The molecule has 97 heavy (non-hydrogen) atoms. The van der Waals surface area contributed by atoms with Crippen molar-refractivity contribution in [3.05, 3.63) is 0 Å². The maximum absolute atomic E-state index is 13.1. The molecule has 3 N–H and O–H groups in total. The summed E-state index contributed by atoms with van der Waals surface area (Å²) in [6.45, 7) is 14.2. The molecule has 0 aromatic heterocycles. The van der Waals surface area contributed by atoms with Gasteiger partial charge < -0.3 is 33.8 Å². The standard InChI is InChI=1S/C78H152O17P2/c1-68(2)54-46-38-30-24-19-15-11-9-10-12-18-22-28-34-44-52-60-77(82)94-73(64-88-75(80)58-50-42-33-27-21-17-14-13-16-20-25-31-39-47-55-69(3)4)66-92-96(84,85)90-62-72(79)63-91-97(86,87)93-67-74(65-89-76(81)59-51-43-37-36-41-49-57-71(7)8)95-78(83)61-53-45-35-29-23-26-32-40-48-56-70(5)6/h68-74,79H,9-67H2,1-8H3,(H,84,85)(H,86,87)/t72-,73-,74-/m1/s1. The van der Waals surface area contributed by atoms with Crippen molar-refractivity contribution in [1.29, 1.82) is 0 Å². The summed E-state index contributed by atoms with van der Waals surface area (Å²) >= 11 is 0. The molecule has 0 saturated heterocycles. The second kappa shape index (κ2) is 67.2. The van der Waals surface area contributed by atoms with Crippen LogP contribution in [0.2, 0.25) is 0 Å². The van der Waals surface area contributed by atoms with Gasteiger partial charge in [-0.1, -0.05) is 344 Å². The molecule has 0 aromatic carbocycles. The summed E-state index contributed by atoms with van der Waals surface area (Å²) in [5.74, 6) is 0.904. The van der Waals surface area contributed by atoms with Gasteiger partial charge in [-0.2, -0.15) is 0 Å². The molecule has 0 radical (unpaired) electrons. The molecule has 0 aliphatic heterocycles. The van der Waals surface area contributed by atoms with E-state index < -0.39 is 97.5 Å². The van der Waals surface area contributed by atoms with Gasteiger partial charge in [-0.05, 0) is 49.4 Å². The Labute approximate surface area is 594 Å². The zero-order chi connectivity index (χ0) is 71.7. The SMILES string of the molecule is CC(C)CCCCCCCCCCCCCCCCCCC(=O)O[C@H](COC(=O)CCCCCCCCCCCCCCCCC(C)C)COP(=O)(O)OC[C@@H](O)COP(=O)(O)OC[C@@H](COC(=O)CCCCCCCCC(C)C)OC(=O)CCCCCCCCCCCC(C)C. The van der Waals surface area contributed by atoms with Crippen LogP contribution in [-0.4, -0.2) is 96.7 Å². The zero-order valence-corrected chi connectivity index (χ0v) is 65.5. The maximum Gasteiger partial charge on any atom is 0.472 e. The second-order valence-electron chi connectivity index (χ2n) is 30.0. The lowest BCUT2D eigenvalue weighted by Crippen LogP contribution is -2.30. The quantitative estimate of drug-likeness (QED) is 0.0222. The number of unbranched alkanes of at least 4 members (excludes halogenated alkanes) is 41. The summed E-state index contributed by atoms with van der Waals surface area (Å²) in [6, 6.07) is 0. The van der Waals surface area contributed by atoms with Crippen molar-refractivity contribution >= 4 is 39.5 Å². The first-order chi connectivity index (χ1) is 46.6. The monoisotopic (exact) mass is 1420 g/mol. The molecular formula is C78H152O17P2. The lowest BCUT2D eigenvalue weighted by Gasteiger charge is -2.21.